The molecule has 0 amide bonds. The van der Waals surface area contributed by atoms with E-state index in [2.05, 4.69) is 20.4 Å². The van der Waals surface area contributed by atoms with Crippen LogP contribution in [0.15, 0.2) is 0 Å². The minimum Gasteiger partial charge on any atom is -0.272 e. The molecular weight excluding hydrogens is 293 g/mol. The summed E-state index contributed by atoms with van der Waals surface area (Å²) in [6.07, 6.45) is -4.58. The molecule has 0 fully saturated rings. The van der Waals surface area contributed by atoms with Crippen LogP contribution in [0.5, 0.6) is 0 Å². The van der Waals surface area contributed by atoms with Gasteiger partial charge in [0.1, 0.15) is 0 Å². The van der Waals surface area contributed by atoms with Crippen molar-refractivity contribution in [2.45, 2.75) is 20.0 Å². The molecule has 0 saturated carbocycles. The third kappa shape index (κ3) is 1.79. The van der Waals surface area contributed by atoms with Gasteiger partial charge < -0.3 is 0 Å². The van der Waals surface area contributed by atoms with Gasteiger partial charge in [-0.15, -0.1) is 10.2 Å². The first-order valence-electron chi connectivity index (χ1n) is 5.59. The van der Waals surface area contributed by atoms with E-state index in [-0.39, 0.29) is 4.96 Å². The zero-order chi connectivity index (χ0) is 14.7. The molecule has 10 heteroatoms. The highest BCUT2D eigenvalue weighted by atomic mass is 32.1. The van der Waals surface area contributed by atoms with Crippen molar-refractivity contribution < 1.29 is 13.2 Å². The molecule has 0 bridgehead atoms. The van der Waals surface area contributed by atoms with Gasteiger partial charge in [0.25, 0.3) is 5.82 Å². The largest absolute Gasteiger partial charge is 0.453 e. The minimum atomic E-state index is -4.58. The number of hydrogen-bond donors (Lipinski definition) is 0. The molecular formula is C10H9F3N6S. The van der Waals surface area contributed by atoms with Crippen molar-refractivity contribution in [1.29, 1.82) is 0 Å². The Morgan fingerprint density at radius 3 is 2.35 bits per heavy atom. The molecule has 0 N–H and O–H groups in total. The third-order valence-corrected chi connectivity index (χ3v) is 3.88. The van der Waals surface area contributed by atoms with Gasteiger partial charge in [0.05, 0.1) is 11.3 Å². The van der Waals surface area contributed by atoms with Crippen LogP contribution in [-0.2, 0) is 13.2 Å². The van der Waals surface area contributed by atoms with Crippen LogP contribution >= 0.6 is 11.3 Å². The van der Waals surface area contributed by atoms with E-state index in [0.29, 0.717) is 10.7 Å². The number of hydrogen-bond acceptors (Lipinski definition) is 5. The van der Waals surface area contributed by atoms with Crippen molar-refractivity contribution in [3.05, 3.63) is 17.2 Å². The highest BCUT2D eigenvalue weighted by Crippen LogP contribution is 2.33. The van der Waals surface area contributed by atoms with Crippen LogP contribution in [0, 0.1) is 13.8 Å². The number of aromatic nitrogens is 6. The lowest BCUT2D eigenvalue weighted by Gasteiger charge is -2.00. The Morgan fingerprint density at radius 1 is 1.10 bits per heavy atom. The summed E-state index contributed by atoms with van der Waals surface area (Å²) in [5.74, 6) is -1.12. The van der Waals surface area contributed by atoms with Crippen LogP contribution in [0.1, 0.15) is 17.2 Å². The molecule has 0 aliphatic heterocycles. The molecule has 3 heterocycles. The fraction of sp³-hybridized carbons (Fsp3) is 0.400. The molecule has 0 atom stereocenters. The van der Waals surface area contributed by atoms with E-state index in [9.17, 15) is 13.2 Å². The Bertz CT molecular complexity index is 796. The van der Waals surface area contributed by atoms with Gasteiger partial charge in [-0.1, -0.05) is 11.3 Å². The average Bonchev–Trinajstić information content (AvgIpc) is 2.91. The molecule has 0 aromatic carbocycles. The topological polar surface area (TPSA) is 60.9 Å². The highest BCUT2D eigenvalue weighted by Gasteiger charge is 2.38. The normalized spacial score (nSPS) is 12.5. The SMILES string of the molecule is Cc1nn(C)c(C)c1-c1nn2c(C(F)(F)F)nnc2s1. The van der Waals surface area contributed by atoms with Crippen LogP contribution in [0.2, 0.25) is 0 Å². The zero-order valence-corrected chi connectivity index (χ0v) is 11.5. The van der Waals surface area contributed by atoms with E-state index in [0.717, 1.165) is 27.1 Å². The predicted octanol–water partition coefficient (Wildman–Crippen LogP) is 2.22. The molecule has 0 aliphatic rings. The lowest BCUT2D eigenvalue weighted by molar-refractivity contribution is -0.146. The molecule has 0 radical (unpaired) electrons. The highest BCUT2D eigenvalue weighted by molar-refractivity contribution is 7.19. The lowest BCUT2D eigenvalue weighted by Crippen LogP contribution is -2.11. The van der Waals surface area contributed by atoms with Crippen molar-refractivity contribution in [2.24, 2.45) is 7.05 Å². The first kappa shape index (κ1) is 13.0. The van der Waals surface area contributed by atoms with Crippen molar-refractivity contribution in [3.8, 4) is 10.6 Å². The fourth-order valence-corrected chi connectivity index (χ4v) is 2.97. The van der Waals surface area contributed by atoms with Gasteiger partial charge in [-0.2, -0.15) is 27.9 Å². The summed E-state index contributed by atoms with van der Waals surface area (Å²) in [6, 6.07) is 0. The van der Waals surface area contributed by atoms with E-state index in [4.69, 9.17) is 0 Å². The van der Waals surface area contributed by atoms with Crippen molar-refractivity contribution in [3.63, 3.8) is 0 Å². The van der Waals surface area contributed by atoms with Gasteiger partial charge in [-0.3, -0.25) is 4.68 Å². The molecule has 0 aliphatic carbocycles. The summed E-state index contributed by atoms with van der Waals surface area (Å²) in [7, 11) is 1.77. The number of rotatable bonds is 1. The van der Waals surface area contributed by atoms with Crippen LogP contribution in [0.25, 0.3) is 15.5 Å². The van der Waals surface area contributed by atoms with Crippen LogP contribution < -0.4 is 0 Å². The Kier molecular flexibility index (Phi) is 2.61. The van der Waals surface area contributed by atoms with E-state index in [1.165, 1.54) is 0 Å². The summed E-state index contributed by atoms with van der Waals surface area (Å²) in [4.78, 5) is 0.106. The fourth-order valence-electron chi connectivity index (χ4n) is 1.98. The van der Waals surface area contributed by atoms with E-state index < -0.39 is 12.0 Å². The van der Waals surface area contributed by atoms with Crippen LogP contribution in [0.3, 0.4) is 0 Å². The second-order valence-corrected chi connectivity index (χ2v) is 5.25. The van der Waals surface area contributed by atoms with Gasteiger partial charge >= 0.3 is 6.18 Å². The Balaban J connectivity index is 2.22. The first-order valence-corrected chi connectivity index (χ1v) is 6.40. The number of nitrogens with zero attached hydrogens (tertiary/aromatic N) is 6. The molecule has 106 valence electrons. The second kappa shape index (κ2) is 4.01. The standard InChI is InChI=1S/C10H9F3N6S/c1-4-6(5(2)18(3)16-4)7-17-19-8(10(11,12)13)14-15-9(19)20-7/h1-3H3. The second-order valence-electron chi connectivity index (χ2n) is 4.29. The molecule has 0 unspecified atom stereocenters. The zero-order valence-electron chi connectivity index (χ0n) is 10.7. The van der Waals surface area contributed by atoms with Gasteiger partial charge in [0.2, 0.25) is 4.96 Å². The van der Waals surface area contributed by atoms with Crippen molar-refractivity contribution in [2.75, 3.05) is 0 Å². The number of fused-ring (bicyclic) bond motifs is 1. The number of halogens is 3. The van der Waals surface area contributed by atoms with Gasteiger partial charge in [-0.25, -0.2) is 0 Å². The van der Waals surface area contributed by atoms with Crippen LogP contribution in [0.4, 0.5) is 13.2 Å². The summed E-state index contributed by atoms with van der Waals surface area (Å²) < 4.78 is 40.6. The smallest absolute Gasteiger partial charge is 0.272 e. The summed E-state index contributed by atoms with van der Waals surface area (Å²) >= 11 is 1.05. The maximum absolute atomic E-state index is 12.8. The Morgan fingerprint density at radius 2 is 1.80 bits per heavy atom. The maximum Gasteiger partial charge on any atom is 0.453 e. The maximum atomic E-state index is 12.8. The first-order chi connectivity index (χ1) is 9.29. The molecule has 3 aromatic heterocycles. The van der Waals surface area contributed by atoms with Crippen LogP contribution in [-0.4, -0.2) is 29.6 Å². The number of aryl methyl sites for hydroxylation is 2. The van der Waals surface area contributed by atoms with Gasteiger partial charge in [0, 0.05) is 12.7 Å². The summed E-state index contributed by atoms with van der Waals surface area (Å²) in [6.45, 7) is 3.62. The third-order valence-electron chi connectivity index (χ3n) is 2.97. The Labute approximate surface area is 114 Å². The molecule has 3 rings (SSSR count). The minimum absolute atomic E-state index is 0.106. The monoisotopic (exact) mass is 302 g/mol. The summed E-state index contributed by atoms with van der Waals surface area (Å²) in [5.41, 5.74) is 2.28. The molecule has 0 saturated heterocycles. The molecule has 6 nitrogen and oxygen atoms in total. The van der Waals surface area contributed by atoms with Gasteiger partial charge in [-0.05, 0) is 13.8 Å². The van der Waals surface area contributed by atoms with Crippen molar-refractivity contribution >= 4 is 16.3 Å². The predicted molar refractivity (Wildman–Crippen MR) is 65.3 cm³/mol. The molecule has 3 aromatic rings. The van der Waals surface area contributed by atoms with Gasteiger partial charge in [0.15, 0.2) is 5.01 Å². The summed E-state index contributed by atoms with van der Waals surface area (Å²) in [5, 5.41) is 15.3. The Hall–Kier alpha value is -1.97. The van der Waals surface area contributed by atoms with E-state index >= 15 is 0 Å². The van der Waals surface area contributed by atoms with E-state index in [1.54, 1.807) is 18.7 Å². The molecule has 20 heavy (non-hydrogen) atoms. The number of alkyl halides is 3. The van der Waals surface area contributed by atoms with Crippen molar-refractivity contribution in [1.82, 2.24) is 29.6 Å². The lowest BCUT2D eigenvalue weighted by atomic mass is 10.2. The quantitative estimate of drug-likeness (QED) is 0.691. The van der Waals surface area contributed by atoms with E-state index in [1.807, 2.05) is 6.92 Å². The molecule has 0 spiro atoms. The average molecular weight is 302 g/mol.